The van der Waals surface area contributed by atoms with E-state index in [1.54, 1.807) is 0 Å². The number of nitrogens with zero attached hydrogens (tertiary/aromatic N) is 4. The number of benzene rings is 8. The number of aromatic amines is 3. The van der Waals surface area contributed by atoms with Crippen LogP contribution >= 0.6 is 0 Å². The minimum absolute atomic E-state index is 0.0960. The molecule has 8 bridgehead atoms. The molecular weight excluding hydrogens is 1250 g/mol. The molecule has 1 aliphatic rings. The molecule has 12 aromatic rings. The molecule has 8 aromatic carbocycles. The molecule has 0 aliphatic carbocycles. The number of aromatic nitrogens is 7. The first-order valence-electron chi connectivity index (χ1n) is 37.1. The highest BCUT2D eigenvalue weighted by atomic mass is 15.0. The van der Waals surface area contributed by atoms with Crippen molar-refractivity contribution in [3.8, 4) is 66.8 Å². The molecule has 0 unspecified atom stereocenters. The van der Waals surface area contributed by atoms with E-state index in [1.165, 1.54) is 44.5 Å². The summed E-state index contributed by atoms with van der Waals surface area (Å²) in [5.41, 5.74) is 29.1. The quantitative estimate of drug-likeness (QED) is 0.141. The molecule has 3 N–H and O–H groups in total. The number of fused-ring (bicyclic) bond motifs is 9. The normalized spacial score (nSPS) is 13.4. The van der Waals surface area contributed by atoms with Gasteiger partial charge in [0, 0.05) is 44.5 Å². The van der Waals surface area contributed by atoms with E-state index in [9.17, 15) is 0 Å². The van der Waals surface area contributed by atoms with Crippen LogP contribution in [0.4, 0.5) is 0 Å². The van der Waals surface area contributed by atoms with Gasteiger partial charge in [-0.2, -0.15) is 0 Å². The fraction of sp³-hybridized carbons (Fsp3) is 0.333. The third kappa shape index (κ3) is 14.2. The maximum Gasteiger partial charge on any atom is 0.165 e. The summed E-state index contributed by atoms with van der Waals surface area (Å²) in [4.78, 5) is 36.8. The zero-order chi connectivity index (χ0) is 74.1. The van der Waals surface area contributed by atoms with Gasteiger partial charge < -0.3 is 15.0 Å². The predicted molar refractivity (Wildman–Crippen MR) is 440 cm³/mol. The summed E-state index contributed by atoms with van der Waals surface area (Å²) in [5.74, 6) is 1.07. The van der Waals surface area contributed by atoms with Gasteiger partial charge in [0.2, 0.25) is 0 Å². The standard InChI is InChI=1S/C96H107N7/c1-89(2,3)65-41-25-57(26-42-65)73-75(59-29-45-67(46-30-59)91(7,8)9)83-97-81(73)82-74(58-27-43-66(44-28-58)90(4,5)6)76(60-31-47-68(48-32-60)92(10,11)12)84(98-82)100-86-78(62-35-51-70(52-36-62)94(16,17)18)80(64-39-55-72(56-40-64)96(22,23)24)88(102-86)103-87-79(63-37-53-71(54-38-63)95(19,20)21)77(85(99-83)101-87)61-33-49-69(50-34-61)93(13,14)15/h25-56H,1-24H3,(H3,97,98,99,100,101,102,103). The highest BCUT2D eigenvalue weighted by Crippen LogP contribution is 2.50. The minimum atomic E-state index is -0.102. The van der Waals surface area contributed by atoms with Gasteiger partial charge in [-0.15, -0.1) is 0 Å². The highest BCUT2D eigenvalue weighted by Gasteiger charge is 2.32. The summed E-state index contributed by atoms with van der Waals surface area (Å²) in [7, 11) is 0. The van der Waals surface area contributed by atoms with E-state index >= 15 is 0 Å². The summed E-state index contributed by atoms with van der Waals surface area (Å²) in [6, 6.07) is 73.2. The van der Waals surface area contributed by atoms with E-state index in [4.69, 9.17) is 19.9 Å². The molecule has 0 saturated carbocycles. The summed E-state index contributed by atoms with van der Waals surface area (Å²) < 4.78 is 0. The molecule has 0 radical (unpaired) electrons. The fourth-order valence-corrected chi connectivity index (χ4v) is 14.4. The number of hydrogen-bond donors (Lipinski definition) is 3. The van der Waals surface area contributed by atoms with Gasteiger partial charge in [0.05, 0.1) is 11.0 Å². The van der Waals surface area contributed by atoms with Crippen molar-refractivity contribution in [2.24, 2.45) is 0 Å². The minimum Gasteiger partial charge on any atom is -0.337 e. The fourth-order valence-electron chi connectivity index (χ4n) is 14.4. The molecule has 103 heavy (non-hydrogen) atoms. The lowest BCUT2D eigenvalue weighted by atomic mass is 9.84. The smallest absolute Gasteiger partial charge is 0.165 e. The number of hydrogen-bond acceptors (Lipinski definition) is 4. The maximum atomic E-state index is 6.17. The molecule has 0 amide bonds. The van der Waals surface area contributed by atoms with Gasteiger partial charge in [0.1, 0.15) is 22.6 Å². The zero-order valence-electron chi connectivity index (χ0n) is 65.8. The first kappa shape index (κ1) is 71.7. The highest BCUT2D eigenvalue weighted by molar-refractivity contribution is 6.15. The first-order chi connectivity index (χ1) is 48.1. The van der Waals surface area contributed by atoms with Crippen LogP contribution in [0.5, 0.6) is 0 Å². The van der Waals surface area contributed by atoms with Gasteiger partial charge in [-0.3, -0.25) is 0 Å². The number of rotatable bonds is 8. The SMILES string of the molecule is CC(C)(C)c1ccc(C2=C(c3ccc(C(C)(C)C)cc3)c3nc2nc2[nH]c(nc4[nH]c(c(-c5ccc(C(C)(C)C)cc5)c4-c4ccc(C(C)(C)C)cc4)c4[nH]c(n3)c(-c3ccc(C(C)(C)C)cc3)c4-c3ccc(C(C)(C)C)cc3)c(-c3ccc(C(C)(C)C)cc3)c2-c2ccc(C(C)(C)C)cc2)cc1. The molecule has 1 aliphatic heterocycles. The number of nitrogens with one attached hydrogen (secondary N) is 3. The molecular formula is C96H107N7. The van der Waals surface area contributed by atoms with Crippen molar-refractivity contribution in [3.63, 3.8) is 0 Å². The molecule has 7 nitrogen and oxygen atoms in total. The van der Waals surface area contributed by atoms with E-state index in [-0.39, 0.29) is 43.3 Å². The molecule has 13 rings (SSSR count). The Bertz CT molecular complexity index is 5320. The van der Waals surface area contributed by atoms with Crippen LogP contribution in [-0.2, 0) is 43.3 Å². The summed E-state index contributed by atoms with van der Waals surface area (Å²) >= 11 is 0. The van der Waals surface area contributed by atoms with Crippen molar-refractivity contribution in [2.45, 2.75) is 209 Å². The van der Waals surface area contributed by atoms with Crippen molar-refractivity contribution in [1.82, 2.24) is 34.9 Å². The van der Waals surface area contributed by atoms with Crippen molar-refractivity contribution in [1.29, 1.82) is 0 Å². The summed E-state index contributed by atoms with van der Waals surface area (Å²) in [6.07, 6.45) is 0. The predicted octanol–water partition coefficient (Wildman–Crippen LogP) is 26.1. The van der Waals surface area contributed by atoms with Crippen LogP contribution in [0.2, 0.25) is 0 Å². The van der Waals surface area contributed by atoms with Gasteiger partial charge in [-0.25, -0.2) is 19.9 Å². The zero-order valence-corrected chi connectivity index (χ0v) is 65.8. The average molecular weight is 1360 g/mol. The van der Waals surface area contributed by atoms with E-state index in [0.717, 1.165) is 100 Å². The van der Waals surface area contributed by atoms with E-state index in [0.29, 0.717) is 34.2 Å². The van der Waals surface area contributed by atoms with Crippen LogP contribution in [0, 0.1) is 0 Å². The molecule has 526 valence electrons. The van der Waals surface area contributed by atoms with Gasteiger partial charge in [0.15, 0.2) is 11.6 Å². The number of H-pyrrole nitrogens is 3. The van der Waals surface area contributed by atoms with Crippen molar-refractivity contribution in [2.75, 3.05) is 0 Å². The van der Waals surface area contributed by atoms with E-state index in [1.807, 2.05) is 0 Å². The van der Waals surface area contributed by atoms with Crippen LogP contribution in [0.15, 0.2) is 194 Å². The van der Waals surface area contributed by atoms with Gasteiger partial charge in [-0.1, -0.05) is 360 Å². The Morgan fingerprint density at radius 1 is 0.175 bits per heavy atom. The van der Waals surface area contributed by atoms with Gasteiger partial charge in [-0.05, 0) is 132 Å². The Kier molecular flexibility index (Phi) is 17.8. The molecule has 4 aromatic heterocycles. The monoisotopic (exact) mass is 1360 g/mol. The average Bonchev–Trinajstić information content (AvgIpc) is 1.57. The Morgan fingerprint density at radius 2 is 0.340 bits per heavy atom. The lowest BCUT2D eigenvalue weighted by Gasteiger charge is -2.20. The Morgan fingerprint density at radius 3 is 0.553 bits per heavy atom. The molecule has 0 atom stereocenters. The maximum absolute atomic E-state index is 6.17. The second kappa shape index (κ2) is 25.6. The lowest BCUT2D eigenvalue weighted by Crippen LogP contribution is -2.11. The second-order valence-corrected chi connectivity index (χ2v) is 37.2. The van der Waals surface area contributed by atoms with Crippen LogP contribution in [0.1, 0.15) is 233 Å². The van der Waals surface area contributed by atoms with Gasteiger partial charge in [0.25, 0.3) is 0 Å². The third-order valence-electron chi connectivity index (χ3n) is 21.1. The molecule has 7 heteroatoms. The largest absolute Gasteiger partial charge is 0.337 e. The Balaban J connectivity index is 1.33. The van der Waals surface area contributed by atoms with Gasteiger partial charge >= 0.3 is 0 Å². The van der Waals surface area contributed by atoms with Crippen LogP contribution in [0.25, 0.3) is 112 Å². The van der Waals surface area contributed by atoms with Crippen LogP contribution < -0.4 is 0 Å². The van der Waals surface area contributed by atoms with E-state index < -0.39 is 0 Å². The molecule has 0 saturated heterocycles. The molecule has 5 heterocycles. The first-order valence-corrected chi connectivity index (χ1v) is 37.1. The van der Waals surface area contributed by atoms with Crippen molar-refractivity contribution in [3.05, 3.63) is 261 Å². The summed E-state index contributed by atoms with van der Waals surface area (Å²) in [6.45, 7) is 54.7. The van der Waals surface area contributed by atoms with Crippen molar-refractivity contribution < 1.29 is 0 Å². The Labute approximate surface area is 613 Å². The second-order valence-electron chi connectivity index (χ2n) is 37.2. The van der Waals surface area contributed by atoms with E-state index in [2.05, 4.69) is 375 Å². The van der Waals surface area contributed by atoms with Crippen LogP contribution in [0.3, 0.4) is 0 Å². The molecule has 0 spiro atoms. The van der Waals surface area contributed by atoms with Crippen molar-refractivity contribution >= 4 is 44.8 Å². The third-order valence-corrected chi connectivity index (χ3v) is 21.1. The summed E-state index contributed by atoms with van der Waals surface area (Å²) in [5, 5.41) is 0. The van der Waals surface area contributed by atoms with Crippen LogP contribution in [-0.4, -0.2) is 34.9 Å². The topological polar surface area (TPSA) is 98.9 Å². The molecule has 0 fully saturated rings. The Hall–Kier alpha value is -9.72. The lowest BCUT2D eigenvalue weighted by molar-refractivity contribution is 0.590.